The van der Waals surface area contributed by atoms with Crippen LogP contribution < -0.4 is 21.3 Å². The fraction of sp³-hybridized carbons (Fsp3) is 0.684. The Morgan fingerprint density at radius 2 is 2.03 bits per heavy atom. The number of carbonyl (C=O) groups is 3. The smallest absolute Gasteiger partial charge is 0.314 e. The summed E-state index contributed by atoms with van der Waals surface area (Å²) in [5.41, 5.74) is 0.647. The first-order chi connectivity index (χ1) is 13.7. The van der Waals surface area contributed by atoms with Gasteiger partial charge >= 0.3 is 11.8 Å². The Hall–Kier alpha value is -2.46. The molecule has 1 aliphatic heterocycles. The zero-order valence-electron chi connectivity index (χ0n) is 17.7. The molecule has 1 saturated heterocycles. The first-order valence-electron chi connectivity index (χ1n) is 9.99. The van der Waals surface area contributed by atoms with Crippen molar-refractivity contribution in [2.45, 2.75) is 65.9 Å². The van der Waals surface area contributed by atoms with Crippen molar-refractivity contribution in [1.29, 1.82) is 0 Å². The largest absolute Gasteiger partial charge is 0.379 e. The molecule has 2 rings (SSSR count). The maximum Gasteiger partial charge on any atom is 0.314 e. The number of ether oxygens (including phenoxy) is 1. The van der Waals surface area contributed by atoms with Crippen molar-refractivity contribution in [3.05, 3.63) is 11.8 Å². The summed E-state index contributed by atoms with van der Waals surface area (Å²) in [6.07, 6.45) is 0.507. The molecule has 0 aromatic carbocycles. The van der Waals surface area contributed by atoms with Crippen LogP contribution in [0.25, 0.3) is 0 Å². The van der Waals surface area contributed by atoms with Crippen LogP contribution in [0, 0.1) is 12.8 Å². The van der Waals surface area contributed by atoms with Crippen molar-refractivity contribution in [2.24, 2.45) is 5.92 Å². The maximum atomic E-state index is 12.3. The molecule has 2 atom stereocenters. The van der Waals surface area contributed by atoms with Crippen molar-refractivity contribution in [1.82, 2.24) is 25.7 Å². The first-order valence-corrected chi connectivity index (χ1v) is 9.99. The summed E-state index contributed by atoms with van der Waals surface area (Å²) >= 11 is 0. The number of nitrogens with zero attached hydrogens (tertiary/aromatic N) is 2. The molecule has 2 unspecified atom stereocenters. The van der Waals surface area contributed by atoms with Crippen LogP contribution >= 0.6 is 0 Å². The van der Waals surface area contributed by atoms with Crippen LogP contribution in [-0.2, 0) is 19.1 Å². The Labute approximate surface area is 171 Å². The molecule has 0 saturated carbocycles. The quantitative estimate of drug-likeness (QED) is 0.370. The Morgan fingerprint density at radius 1 is 1.31 bits per heavy atom. The summed E-state index contributed by atoms with van der Waals surface area (Å²) < 4.78 is 6.87. The van der Waals surface area contributed by atoms with Crippen LogP contribution in [0.15, 0.2) is 6.07 Å². The fourth-order valence-electron chi connectivity index (χ4n) is 2.93. The van der Waals surface area contributed by atoms with Gasteiger partial charge in [-0.1, -0.05) is 13.8 Å². The van der Waals surface area contributed by atoms with Gasteiger partial charge in [-0.15, -0.1) is 0 Å². The highest BCUT2D eigenvalue weighted by Crippen LogP contribution is 2.19. The van der Waals surface area contributed by atoms with Gasteiger partial charge in [0.05, 0.1) is 11.8 Å². The molecule has 2 heterocycles. The van der Waals surface area contributed by atoms with E-state index < -0.39 is 18.1 Å². The normalized spacial score (nSPS) is 19.3. The summed E-state index contributed by atoms with van der Waals surface area (Å²) in [5.74, 6) is -1.05. The number of amides is 3. The summed E-state index contributed by atoms with van der Waals surface area (Å²) in [6, 6.07) is 1.63. The Kier molecular flexibility index (Phi) is 8.15. The zero-order valence-corrected chi connectivity index (χ0v) is 17.7. The minimum Gasteiger partial charge on any atom is -0.379 e. The van der Waals surface area contributed by atoms with Crippen LogP contribution in [0.2, 0.25) is 0 Å². The van der Waals surface area contributed by atoms with E-state index in [2.05, 4.69) is 26.4 Å². The number of rotatable bonds is 8. The average molecular weight is 409 g/mol. The van der Waals surface area contributed by atoms with Gasteiger partial charge in [-0.05, 0) is 33.1 Å². The van der Waals surface area contributed by atoms with E-state index in [0.717, 1.165) is 0 Å². The lowest BCUT2D eigenvalue weighted by Crippen LogP contribution is -2.55. The van der Waals surface area contributed by atoms with Gasteiger partial charge in [0.2, 0.25) is 5.91 Å². The van der Waals surface area contributed by atoms with Crippen LogP contribution in [-0.4, -0.2) is 52.8 Å². The minimum atomic E-state index is -0.793. The topological polar surface area (TPSA) is 126 Å². The molecular weight excluding hydrogens is 376 g/mol. The average Bonchev–Trinajstić information content (AvgIpc) is 3.00. The number of hydrogen-bond acceptors (Lipinski definition) is 6. The van der Waals surface area contributed by atoms with Gasteiger partial charge in [0.1, 0.15) is 5.82 Å². The van der Waals surface area contributed by atoms with Crippen LogP contribution in [0.5, 0.6) is 0 Å². The van der Waals surface area contributed by atoms with Gasteiger partial charge in [0, 0.05) is 31.7 Å². The molecule has 162 valence electrons. The third kappa shape index (κ3) is 6.82. The van der Waals surface area contributed by atoms with E-state index in [1.54, 1.807) is 13.0 Å². The van der Waals surface area contributed by atoms with E-state index in [9.17, 15) is 14.4 Å². The van der Waals surface area contributed by atoms with E-state index in [0.29, 0.717) is 37.5 Å². The lowest BCUT2D eigenvalue weighted by molar-refractivity contribution is -0.136. The summed E-state index contributed by atoms with van der Waals surface area (Å²) in [4.78, 5) is 36.4. The second-order valence-corrected chi connectivity index (χ2v) is 7.79. The van der Waals surface area contributed by atoms with Gasteiger partial charge in [-0.25, -0.2) is 4.68 Å². The van der Waals surface area contributed by atoms with Crippen molar-refractivity contribution in [3.63, 3.8) is 0 Å². The number of aryl methyl sites for hydroxylation is 1. The maximum absolute atomic E-state index is 12.3. The SMILES string of the molecule is Cc1cc(NC(=O)C(=O)NCCCOC(C)C)n(C2NC(=O)CC(C(C)C)N2)n1. The van der Waals surface area contributed by atoms with Crippen molar-refractivity contribution in [2.75, 3.05) is 18.5 Å². The minimum absolute atomic E-state index is 0.0156. The van der Waals surface area contributed by atoms with Crippen molar-refractivity contribution >= 4 is 23.5 Å². The number of aromatic nitrogens is 2. The Morgan fingerprint density at radius 3 is 2.69 bits per heavy atom. The lowest BCUT2D eigenvalue weighted by atomic mass is 9.99. The Balaban J connectivity index is 1.96. The van der Waals surface area contributed by atoms with Crippen LogP contribution in [0.4, 0.5) is 5.82 Å². The molecule has 0 aliphatic carbocycles. The second kappa shape index (κ2) is 10.4. The van der Waals surface area contributed by atoms with Gasteiger partial charge in [-0.2, -0.15) is 5.10 Å². The zero-order chi connectivity index (χ0) is 21.6. The molecule has 1 aliphatic rings. The Bertz CT molecular complexity index is 730. The highest BCUT2D eigenvalue weighted by molar-refractivity contribution is 6.39. The highest BCUT2D eigenvalue weighted by atomic mass is 16.5. The third-order valence-corrected chi connectivity index (χ3v) is 4.49. The molecule has 29 heavy (non-hydrogen) atoms. The first kappa shape index (κ1) is 22.8. The number of nitrogens with one attached hydrogen (secondary N) is 4. The molecule has 3 amide bonds. The molecule has 1 aromatic rings. The summed E-state index contributed by atoms with van der Waals surface area (Å²) in [5, 5.41) is 15.6. The van der Waals surface area contributed by atoms with E-state index in [4.69, 9.17) is 4.74 Å². The van der Waals surface area contributed by atoms with Gasteiger partial charge in [0.15, 0.2) is 6.29 Å². The number of carbonyl (C=O) groups excluding carboxylic acids is 3. The van der Waals surface area contributed by atoms with E-state index in [-0.39, 0.29) is 24.0 Å². The molecular formula is C19H32N6O4. The molecule has 4 N–H and O–H groups in total. The molecule has 0 radical (unpaired) electrons. The van der Waals surface area contributed by atoms with Crippen molar-refractivity contribution < 1.29 is 19.1 Å². The summed E-state index contributed by atoms with van der Waals surface area (Å²) in [7, 11) is 0. The molecule has 0 spiro atoms. The van der Waals surface area contributed by atoms with E-state index in [1.807, 2.05) is 27.7 Å². The predicted octanol–water partition coefficient (Wildman–Crippen LogP) is 0.652. The third-order valence-electron chi connectivity index (χ3n) is 4.49. The standard InChI is InChI=1S/C19H32N6O4/c1-11(2)14-10-16(26)23-19(21-14)25-15(9-13(5)24-25)22-18(28)17(27)20-7-6-8-29-12(3)4/h9,11-12,14,19,21H,6-8,10H2,1-5H3,(H,20,27)(H,22,28)(H,23,26). The van der Waals surface area contributed by atoms with Gasteiger partial charge in [0.25, 0.3) is 0 Å². The van der Waals surface area contributed by atoms with Crippen LogP contribution in [0.1, 0.15) is 52.5 Å². The second-order valence-electron chi connectivity index (χ2n) is 7.79. The molecule has 10 nitrogen and oxygen atoms in total. The summed E-state index contributed by atoms with van der Waals surface area (Å²) in [6.45, 7) is 10.5. The van der Waals surface area contributed by atoms with Crippen molar-refractivity contribution in [3.8, 4) is 0 Å². The predicted molar refractivity (Wildman–Crippen MR) is 108 cm³/mol. The fourth-order valence-corrected chi connectivity index (χ4v) is 2.93. The monoisotopic (exact) mass is 408 g/mol. The van der Waals surface area contributed by atoms with Crippen LogP contribution in [0.3, 0.4) is 0 Å². The molecule has 10 heteroatoms. The van der Waals surface area contributed by atoms with Gasteiger partial charge < -0.3 is 20.7 Å². The molecule has 1 fully saturated rings. The van der Waals surface area contributed by atoms with Gasteiger partial charge in [-0.3, -0.25) is 19.7 Å². The van der Waals surface area contributed by atoms with E-state index >= 15 is 0 Å². The number of hydrogen-bond donors (Lipinski definition) is 4. The van der Waals surface area contributed by atoms with E-state index in [1.165, 1.54) is 4.68 Å². The molecule has 1 aromatic heterocycles. The lowest BCUT2D eigenvalue weighted by Gasteiger charge is -2.34. The number of anilines is 1. The molecule has 0 bridgehead atoms. The highest BCUT2D eigenvalue weighted by Gasteiger charge is 2.30.